The van der Waals surface area contributed by atoms with Crippen LogP contribution in [0.5, 0.6) is 0 Å². The van der Waals surface area contributed by atoms with E-state index in [1.54, 1.807) is 13.8 Å². The van der Waals surface area contributed by atoms with E-state index < -0.39 is 196 Å². The number of rotatable bonds is 20. The molecule has 9 rings (SSSR count). The second-order valence-electron chi connectivity index (χ2n) is 29.0. The number of hydrogen-bond donors (Lipinski definition) is 17. The van der Waals surface area contributed by atoms with Crippen LogP contribution in [0, 0.1) is 51.2 Å². The lowest BCUT2D eigenvalue weighted by Crippen LogP contribution is -2.65. The van der Waals surface area contributed by atoms with E-state index in [2.05, 4.69) is 47.6 Å². The van der Waals surface area contributed by atoms with E-state index >= 15 is 0 Å². The van der Waals surface area contributed by atoms with Gasteiger partial charge in [0.15, 0.2) is 25.2 Å². The number of fused-ring (bicyclic) bond motifs is 5. The van der Waals surface area contributed by atoms with Crippen LogP contribution >= 0.6 is 0 Å². The quantitative estimate of drug-likeness (QED) is 0.0552. The highest BCUT2D eigenvalue weighted by molar-refractivity contribution is 5.32. The zero-order valence-corrected chi connectivity index (χ0v) is 51.5. The molecule has 0 spiro atoms. The Morgan fingerprint density at radius 2 is 1.20 bits per heavy atom. The van der Waals surface area contributed by atoms with Gasteiger partial charge in [0.25, 0.3) is 0 Å². The summed E-state index contributed by atoms with van der Waals surface area (Å²) in [6.07, 6.45) is -26.9. The van der Waals surface area contributed by atoms with Crippen molar-refractivity contribution in [3.8, 4) is 0 Å². The van der Waals surface area contributed by atoms with Crippen molar-refractivity contribution in [2.75, 3.05) is 33.0 Å². The molecule has 33 atom stereocenters. The molecule has 0 aromatic heterocycles. The molecule has 4 heterocycles. The van der Waals surface area contributed by atoms with Crippen molar-refractivity contribution >= 4 is 0 Å². The summed E-state index contributed by atoms with van der Waals surface area (Å²) in [5.74, 6) is -0.324. The maximum atomic E-state index is 12.8. The fourth-order valence-corrected chi connectivity index (χ4v) is 17.4. The number of allylic oxidation sites excluding steroid dienone is 1. The summed E-state index contributed by atoms with van der Waals surface area (Å²) in [7, 11) is 0. The van der Waals surface area contributed by atoms with Crippen LogP contribution in [0.3, 0.4) is 0 Å². The normalized spacial score (nSPS) is 51.0. The second kappa shape index (κ2) is 27.2. The van der Waals surface area contributed by atoms with Crippen molar-refractivity contribution in [2.24, 2.45) is 51.2 Å². The molecule has 4 saturated heterocycles. The van der Waals surface area contributed by atoms with E-state index in [9.17, 15) is 86.8 Å². The summed E-state index contributed by atoms with van der Waals surface area (Å²) >= 11 is 0. The molecule has 8 fully saturated rings. The van der Waals surface area contributed by atoms with Crippen LogP contribution in [0.4, 0.5) is 0 Å². The first-order chi connectivity index (χ1) is 40.8. The third kappa shape index (κ3) is 13.2. The Hall–Kier alpha value is -1.30. The number of hydrogen-bond acceptors (Lipinski definition) is 26. The van der Waals surface area contributed by atoms with Gasteiger partial charge in [-0.15, -0.1) is 0 Å². The van der Waals surface area contributed by atoms with E-state index in [0.717, 1.165) is 18.4 Å². The van der Waals surface area contributed by atoms with E-state index in [4.69, 9.17) is 42.6 Å². The van der Waals surface area contributed by atoms with Gasteiger partial charge >= 0.3 is 0 Å². The lowest BCUT2D eigenvalue weighted by molar-refractivity contribution is -0.369. The summed E-state index contributed by atoms with van der Waals surface area (Å²) in [5, 5.41) is 184. The Kier molecular flexibility index (Phi) is 21.9. The summed E-state index contributed by atoms with van der Waals surface area (Å²) in [6, 6.07) is 0. The SMILES string of the molecule is C[C@H](CC[C@@H](O[C@@H]1O[C@H](CO)[C@@H](O)[C@H](O)C1O[C@@H]1O[C@H](CO)C[C@H](O)[C@H]1O)C(C)(C)O)C1CC[C@@]2(C)C3CC=C4C(CC[C@H](O[C@@H]5O[C@H](CO[C@H]6O[C@H](CO[C@@H]7C[C@H](CO)[C@@H](O)C[C@H]7O)[C@@H](O)[C@H](O)[C@H]6O)[C@@H](O)[C@H](O)[C@H]5O)C4(C)C)[C@]3(C)[C@H](O)C[C@]12C. The highest BCUT2D eigenvalue weighted by atomic mass is 16.8. The predicted octanol–water partition coefficient (Wildman–Crippen LogP) is -2.69. The van der Waals surface area contributed by atoms with Crippen LogP contribution in [0.1, 0.15) is 126 Å². The lowest BCUT2D eigenvalue weighted by Gasteiger charge is -2.67. The molecule has 4 unspecified atom stereocenters. The maximum Gasteiger partial charge on any atom is 0.187 e. The van der Waals surface area contributed by atoms with Crippen LogP contribution in [0.25, 0.3) is 0 Å². The van der Waals surface area contributed by atoms with Crippen LogP contribution in [0.15, 0.2) is 11.6 Å². The highest BCUT2D eigenvalue weighted by Gasteiger charge is 2.70. The van der Waals surface area contributed by atoms with Crippen molar-refractivity contribution in [3.63, 3.8) is 0 Å². The zero-order valence-electron chi connectivity index (χ0n) is 51.5. The van der Waals surface area contributed by atoms with Crippen LogP contribution in [-0.2, 0) is 42.6 Å². The van der Waals surface area contributed by atoms with Crippen molar-refractivity contribution in [2.45, 2.75) is 285 Å². The topological polar surface area (TPSA) is 427 Å². The molecule has 26 nitrogen and oxygen atoms in total. The molecule has 4 saturated carbocycles. The maximum absolute atomic E-state index is 12.8. The van der Waals surface area contributed by atoms with Gasteiger partial charge in [0.05, 0.1) is 80.9 Å². The molecule has 0 aromatic rings. The Labute approximate surface area is 508 Å². The largest absolute Gasteiger partial charge is 0.396 e. The Morgan fingerprint density at radius 3 is 1.83 bits per heavy atom. The minimum atomic E-state index is -1.78. The minimum absolute atomic E-state index is 0.0453. The molecular formula is C61H104O26. The van der Waals surface area contributed by atoms with Crippen molar-refractivity contribution < 1.29 is 129 Å². The van der Waals surface area contributed by atoms with Gasteiger partial charge < -0.3 is 129 Å². The van der Waals surface area contributed by atoms with Gasteiger partial charge in [-0.3, -0.25) is 0 Å². The van der Waals surface area contributed by atoms with Gasteiger partial charge in [-0.2, -0.15) is 0 Å². The molecule has 26 heteroatoms. The number of aliphatic hydroxyl groups excluding tert-OH is 16. The molecule has 9 aliphatic rings. The van der Waals surface area contributed by atoms with E-state index in [1.165, 1.54) is 0 Å². The molecule has 4 aliphatic heterocycles. The Bertz CT molecular complexity index is 2280. The summed E-state index contributed by atoms with van der Waals surface area (Å²) in [5.41, 5.74) is -2.15. The molecule has 0 radical (unpaired) electrons. The van der Waals surface area contributed by atoms with Crippen molar-refractivity contribution in [1.82, 2.24) is 0 Å². The van der Waals surface area contributed by atoms with E-state index in [-0.39, 0.29) is 67.0 Å². The van der Waals surface area contributed by atoms with Gasteiger partial charge in [-0.25, -0.2) is 0 Å². The minimum Gasteiger partial charge on any atom is -0.396 e. The van der Waals surface area contributed by atoms with Gasteiger partial charge in [0, 0.05) is 36.2 Å². The highest BCUT2D eigenvalue weighted by Crippen LogP contribution is 2.75. The van der Waals surface area contributed by atoms with Gasteiger partial charge in [0.2, 0.25) is 0 Å². The summed E-state index contributed by atoms with van der Waals surface area (Å²) in [4.78, 5) is 0. The molecule has 0 bridgehead atoms. The average molecular weight is 1250 g/mol. The van der Waals surface area contributed by atoms with E-state index in [1.807, 2.05) is 0 Å². The second-order valence-corrected chi connectivity index (χ2v) is 29.0. The van der Waals surface area contributed by atoms with Crippen LogP contribution < -0.4 is 0 Å². The average Bonchev–Trinajstić information content (AvgIpc) is 1.67. The number of ether oxygens (including phenoxy) is 9. The van der Waals surface area contributed by atoms with Crippen LogP contribution in [0.2, 0.25) is 0 Å². The monoisotopic (exact) mass is 1250 g/mol. The van der Waals surface area contributed by atoms with Gasteiger partial charge in [0.1, 0.15) is 79.4 Å². The van der Waals surface area contributed by atoms with Crippen molar-refractivity contribution in [3.05, 3.63) is 11.6 Å². The molecule has 17 N–H and O–H groups in total. The lowest BCUT2D eigenvalue weighted by atomic mass is 9.38. The molecule has 87 heavy (non-hydrogen) atoms. The van der Waals surface area contributed by atoms with Gasteiger partial charge in [-0.05, 0) is 106 Å². The smallest absolute Gasteiger partial charge is 0.187 e. The van der Waals surface area contributed by atoms with E-state index in [0.29, 0.717) is 38.5 Å². The molecule has 5 aliphatic carbocycles. The summed E-state index contributed by atoms with van der Waals surface area (Å²) in [6.45, 7) is 13.9. The third-order valence-corrected chi connectivity index (χ3v) is 23.2. The zero-order chi connectivity index (χ0) is 63.8. The first-order valence-corrected chi connectivity index (χ1v) is 31.7. The van der Waals surface area contributed by atoms with Crippen LogP contribution in [-0.4, -0.2) is 279 Å². The predicted molar refractivity (Wildman–Crippen MR) is 301 cm³/mol. The van der Waals surface area contributed by atoms with Gasteiger partial charge in [-0.1, -0.05) is 53.2 Å². The summed E-state index contributed by atoms with van der Waals surface area (Å²) < 4.78 is 54.4. The molecular weight excluding hydrogens is 1150 g/mol. The standard InChI is InChI=1S/C61H104O26/c1-26(9-13-42(58(4,5)78)86-56-52(49(75)44(70)36(23-64)82-56)87-54-43(69)34(67)18-28(22-63)81-54)29-15-16-59(6)39-12-10-30-31(61(39,8)40(68)20-60(29,59)7)11-14-41(57(30,2)3)85-55-51(77)48(74)46(72)38(84-55)25-80-53-50(76)47(73)45(71)37(83-53)24-79-35-17-27(21-62)32(65)19-33(35)66/h10,26-29,31-56,62-78H,9,11-25H2,1-8H3/t26-,27-,28+,29?,31?,32+,33-,34+,35-,36-,37-,38-,39?,40-,41+,42-,43-,44-,45-,46-,47+,48+,49+,50-,51-,52?,53+,54+,55+,56+,59+,60-,61+/m1/s1. The molecule has 0 amide bonds. The fraction of sp³-hybridized carbons (Fsp3) is 0.967. The Balaban J connectivity index is 0.839. The molecule has 504 valence electrons. The number of aliphatic hydroxyl groups is 17. The third-order valence-electron chi connectivity index (χ3n) is 23.2. The fourth-order valence-electron chi connectivity index (χ4n) is 17.4. The first kappa shape index (κ1) is 70.0. The Morgan fingerprint density at radius 1 is 0.586 bits per heavy atom. The first-order valence-electron chi connectivity index (χ1n) is 31.7. The molecule has 0 aromatic carbocycles. The van der Waals surface area contributed by atoms with Crippen molar-refractivity contribution in [1.29, 1.82) is 0 Å².